The van der Waals surface area contributed by atoms with Crippen LogP contribution >= 0.6 is 0 Å². The van der Waals surface area contributed by atoms with Crippen molar-refractivity contribution >= 4 is 0 Å². The number of nitrogens with two attached hydrogens (primary N) is 1. The summed E-state index contributed by atoms with van der Waals surface area (Å²) in [5, 5.41) is 0. The molecule has 1 aliphatic carbocycles. The third kappa shape index (κ3) is 2.96. The topological polar surface area (TPSA) is 47.3 Å². The smallest absolute Gasteiger partial charge is 0.0844 e. The molecule has 0 bridgehead atoms. The molecule has 3 nitrogen and oxygen atoms in total. The molecule has 0 radical (unpaired) electrons. The van der Waals surface area contributed by atoms with Gasteiger partial charge in [-0.15, -0.1) is 0 Å². The Morgan fingerprint density at radius 1 is 1.25 bits per heavy atom. The molecule has 0 aliphatic heterocycles. The zero-order valence-corrected chi connectivity index (χ0v) is 11.3. The summed E-state index contributed by atoms with van der Waals surface area (Å²) in [5.74, 6) is 5.69. The predicted octanol–water partition coefficient (Wildman–Crippen LogP) is 2.60. The minimum atomic E-state index is -0.0414. The van der Waals surface area contributed by atoms with Crippen LogP contribution in [-0.4, -0.2) is 18.8 Å². The third-order valence-corrected chi connectivity index (χ3v) is 4.27. The van der Waals surface area contributed by atoms with Gasteiger partial charge in [-0.25, -0.2) is 0 Å². The van der Waals surface area contributed by atoms with Gasteiger partial charge in [-0.05, 0) is 37.5 Å². The minimum Gasteiger partial charge on any atom is -0.377 e. The van der Waals surface area contributed by atoms with Gasteiger partial charge in [0.15, 0.2) is 0 Å². The Hall–Kier alpha value is -0.120. The molecule has 1 aliphatic rings. The number of methoxy groups -OCH3 is 1. The quantitative estimate of drug-likeness (QED) is 0.561. The molecule has 0 aromatic heterocycles. The molecule has 0 aromatic rings. The first-order valence-corrected chi connectivity index (χ1v) is 6.51. The first-order chi connectivity index (χ1) is 7.49. The number of hydrogen-bond acceptors (Lipinski definition) is 3. The van der Waals surface area contributed by atoms with Gasteiger partial charge >= 0.3 is 0 Å². The van der Waals surface area contributed by atoms with E-state index < -0.39 is 0 Å². The zero-order chi connectivity index (χ0) is 12.2. The SMILES string of the molecule is CCCC(NN)C1(OC)CCC(C)(C)CC1. The molecule has 1 rings (SSSR count). The summed E-state index contributed by atoms with van der Waals surface area (Å²) in [4.78, 5) is 0. The molecule has 96 valence electrons. The highest BCUT2D eigenvalue weighted by atomic mass is 16.5. The van der Waals surface area contributed by atoms with Crippen molar-refractivity contribution in [2.75, 3.05) is 7.11 Å². The molecule has 1 saturated carbocycles. The standard InChI is InChI=1S/C13H28N2O/c1-5-6-11(15-14)13(16-4)9-7-12(2,3)8-10-13/h11,15H,5-10,14H2,1-4H3. The average molecular weight is 228 g/mol. The summed E-state index contributed by atoms with van der Waals surface area (Å²) in [6, 6.07) is 0.290. The first kappa shape index (κ1) is 13.9. The van der Waals surface area contributed by atoms with Gasteiger partial charge in [0, 0.05) is 7.11 Å². The summed E-state index contributed by atoms with van der Waals surface area (Å²) in [6.45, 7) is 6.88. The van der Waals surface area contributed by atoms with Gasteiger partial charge in [-0.1, -0.05) is 27.2 Å². The van der Waals surface area contributed by atoms with Crippen LogP contribution in [0.25, 0.3) is 0 Å². The Labute approximate surface area is 100 Å². The van der Waals surface area contributed by atoms with E-state index >= 15 is 0 Å². The van der Waals surface area contributed by atoms with E-state index in [0.29, 0.717) is 11.5 Å². The summed E-state index contributed by atoms with van der Waals surface area (Å²) >= 11 is 0. The summed E-state index contributed by atoms with van der Waals surface area (Å²) in [5.41, 5.74) is 3.39. The highest BCUT2D eigenvalue weighted by molar-refractivity contribution is 4.97. The maximum absolute atomic E-state index is 5.84. The lowest BCUT2D eigenvalue weighted by molar-refractivity contribution is -0.0880. The van der Waals surface area contributed by atoms with E-state index in [1.165, 1.54) is 12.8 Å². The van der Waals surface area contributed by atoms with Crippen molar-refractivity contribution in [3.8, 4) is 0 Å². The van der Waals surface area contributed by atoms with Crippen molar-refractivity contribution in [1.82, 2.24) is 5.43 Å². The van der Waals surface area contributed by atoms with Crippen LogP contribution in [-0.2, 0) is 4.74 Å². The van der Waals surface area contributed by atoms with E-state index in [-0.39, 0.29) is 5.60 Å². The van der Waals surface area contributed by atoms with Crippen molar-refractivity contribution in [2.45, 2.75) is 70.9 Å². The lowest BCUT2D eigenvalue weighted by Crippen LogP contribution is -2.56. The van der Waals surface area contributed by atoms with Gasteiger partial charge in [0.05, 0.1) is 11.6 Å². The van der Waals surface area contributed by atoms with Gasteiger partial charge in [-0.3, -0.25) is 11.3 Å². The third-order valence-electron chi connectivity index (χ3n) is 4.27. The van der Waals surface area contributed by atoms with E-state index in [2.05, 4.69) is 26.2 Å². The zero-order valence-electron chi connectivity index (χ0n) is 11.3. The molecular formula is C13H28N2O. The Balaban J connectivity index is 2.71. The molecule has 0 amide bonds. The Kier molecular flexibility index (Phi) is 4.77. The highest BCUT2D eigenvalue weighted by Crippen LogP contribution is 2.43. The van der Waals surface area contributed by atoms with Crippen molar-refractivity contribution in [2.24, 2.45) is 11.3 Å². The second-order valence-electron chi connectivity index (χ2n) is 5.94. The number of nitrogens with one attached hydrogen (secondary N) is 1. The highest BCUT2D eigenvalue weighted by Gasteiger charge is 2.43. The normalized spacial score (nSPS) is 25.3. The molecule has 16 heavy (non-hydrogen) atoms. The van der Waals surface area contributed by atoms with Crippen LogP contribution in [0.3, 0.4) is 0 Å². The largest absolute Gasteiger partial charge is 0.377 e. The lowest BCUT2D eigenvalue weighted by Gasteiger charge is -2.46. The van der Waals surface area contributed by atoms with E-state index in [9.17, 15) is 0 Å². The monoisotopic (exact) mass is 228 g/mol. The Morgan fingerprint density at radius 3 is 2.19 bits per heavy atom. The van der Waals surface area contributed by atoms with Crippen molar-refractivity contribution in [3.63, 3.8) is 0 Å². The van der Waals surface area contributed by atoms with E-state index in [1.54, 1.807) is 0 Å². The molecule has 0 aromatic carbocycles. The predicted molar refractivity (Wildman–Crippen MR) is 68.0 cm³/mol. The van der Waals surface area contributed by atoms with Crippen LogP contribution in [0.15, 0.2) is 0 Å². The van der Waals surface area contributed by atoms with Crippen molar-refractivity contribution < 1.29 is 4.74 Å². The molecule has 0 heterocycles. The Morgan fingerprint density at radius 2 is 1.81 bits per heavy atom. The van der Waals surface area contributed by atoms with Crippen LogP contribution in [0.1, 0.15) is 59.3 Å². The second-order valence-corrected chi connectivity index (χ2v) is 5.94. The summed E-state index contributed by atoms with van der Waals surface area (Å²) in [6.07, 6.45) is 6.91. The summed E-state index contributed by atoms with van der Waals surface area (Å²) < 4.78 is 5.84. The van der Waals surface area contributed by atoms with Gasteiger partial charge < -0.3 is 4.74 Å². The molecular weight excluding hydrogens is 200 g/mol. The van der Waals surface area contributed by atoms with Gasteiger partial charge in [0.2, 0.25) is 0 Å². The van der Waals surface area contributed by atoms with Crippen LogP contribution in [0.4, 0.5) is 0 Å². The fourth-order valence-corrected chi connectivity index (χ4v) is 2.83. The molecule has 0 spiro atoms. The second kappa shape index (κ2) is 5.48. The average Bonchev–Trinajstić information content (AvgIpc) is 2.27. The molecule has 1 fully saturated rings. The van der Waals surface area contributed by atoms with Crippen LogP contribution < -0.4 is 11.3 Å². The van der Waals surface area contributed by atoms with E-state index in [4.69, 9.17) is 10.6 Å². The number of rotatable bonds is 5. The number of hydrogen-bond donors (Lipinski definition) is 2. The minimum absolute atomic E-state index is 0.0414. The van der Waals surface area contributed by atoms with Crippen LogP contribution in [0, 0.1) is 5.41 Å². The van der Waals surface area contributed by atoms with Gasteiger partial charge in [0.25, 0.3) is 0 Å². The molecule has 0 saturated heterocycles. The fraction of sp³-hybridized carbons (Fsp3) is 1.00. The van der Waals surface area contributed by atoms with E-state index in [0.717, 1.165) is 25.7 Å². The van der Waals surface area contributed by atoms with E-state index in [1.807, 2.05) is 7.11 Å². The van der Waals surface area contributed by atoms with Crippen molar-refractivity contribution in [1.29, 1.82) is 0 Å². The fourth-order valence-electron chi connectivity index (χ4n) is 2.83. The number of hydrazine groups is 1. The summed E-state index contributed by atoms with van der Waals surface area (Å²) in [7, 11) is 1.83. The first-order valence-electron chi connectivity index (χ1n) is 6.51. The maximum Gasteiger partial charge on any atom is 0.0844 e. The number of ether oxygens (including phenoxy) is 1. The Bertz CT molecular complexity index is 206. The van der Waals surface area contributed by atoms with Crippen molar-refractivity contribution in [3.05, 3.63) is 0 Å². The molecule has 1 atom stereocenters. The van der Waals surface area contributed by atoms with Crippen LogP contribution in [0.5, 0.6) is 0 Å². The van der Waals surface area contributed by atoms with Gasteiger partial charge in [0.1, 0.15) is 0 Å². The lowest BCUT2D eigenvalue weighted by atomic mass is 9.68. The van der Waals surface area contributed by atoms with Gasteiger partial charge in [-0.2, -0.15) is 0 Å². The molecule has 3 N–H and O–H groups in total. The molecule has 3 heteroatoms. The maximum atomic E-state index is 5.84. The van der Waals surface area contributed by atoms with Crippen LogP contribution in [0.2, 0.25) is 0 Å². The molecule has 1 unspecified atom stereocenters.